The lowest BCUT2D eigenvalue weighted by Gasteiger charge is -2.45. The maximum Gasteiger partial charge on any atom is 0.0385 e. The van der Waals surface area contributed by atoms with Gasteiger partial charge in [-0.15, -0.1) is 0 Å². The molecule has 0 aromatic carbocycles. The van der Waals surface area contributed by atoms with Crippen LogP contribution in [0, 0.1) is 10.8 Å². The Morgan fingerprint density at radius 1 is 0.952 bits per heavy atom. The highest BCUT2D eigenvalue weighted by Crippen LogP contribution is 2.49. The number of hydrogen-bond acceptors (Lipinski definition) is 1. The van der Waals surface area contributed by atoms with Gasteiger partial charge in [-0.2, -0.15) is 0 Å². The van der Waals surface area contributed by atoms with E-state index < -0.39 is 0 Å². The zero-order chi connectivity index (χ0) is 15.6. The van der Waals surface area contributed by atoms with Gasteiger partial charge in [-0.3, -0.25) is 4.99 Å². The summed E-state index contributed by atoms with van der Waals surface area (Å²) >= 11 is 0. The third-order valence-electron chi connectivity index (χ3n) is 5.90. The van der Waals surface area contributed by atoms with Crippen molar-refractivity contribution < 1.29 is 0 Å². The van der Waals surface area contributed by atoms with Crippen LogP contribution in [0.2, 0.25) is 0 Å². The van der Waals surface area contributed by atoms with E-state index in [0.29, 0.717) is 10.8 Å². The summed E-state index contributed by atoms with van der Waals surface area (Å²) < 4.78 is 0. The van der Waals surface area contributed by atoms with Crippen molar-refractivity contribution in [2.24, 2.45) is 15.8 Å². The van der Waals surface area contributed by atoms with Gasteiger partial charge in [0.25, 0.3) is 0 Å². The zero-order valence-electron chi connectivity index (χ0n) is 15.2. The van der Waals surface area contributed by atoms with Crippen molar-refractivity contribution in [3.63, 3.8) is 0 Å². The van der Waals surface area contributed by atoms with Crippen molar-refractivity contribution in [3.8, 4) is 0 Å². The normalized spacial score (nSPS) is 25.5. The molecule has 0 fully saturated rings. The van der Waals surface area contributed by atoms with Crippen LogP contribution in [0.25, 0.3) is 0 Å². The van der Waals surface area contributed by atoms with Crippen LogP contribution >= 0.6 is 0 Å². The Hall–Kier alpha value is -0.330. The van der Waals surface area contributed by atoms with Crippen molar-refractivity contribution in [1.29, 1.82) is 0 Å². The van der Waals surface area contributed by atoms with Crippen molar-refractivity contribution in [1.82, 2.24) is 0 Å². The molecule has 1 nitrogen and oxygen atoms in total. The van der Waals surface area contributed by atoms with Crippen LogP contribution in [0.15, 0.2) is 4.99 Å². The largest absolute Gasteiger partial charge is 0.297 e. The molecule has 1 aliphatic rings. The molecule has 0 N–H and O–H groups in total. The van der Waals surface area contributed by atoms with Crippen molar-refractivity contribution in [3.05, 3.63) is 0 Å². The first-order valence-corrected chi connectivity index (χ1v) is 9.59. The van der Waals surface area contributed by atoms with E-state index in [1.54, 1.807) is 0 Å². The second-order valence-corrected chi connectivity index (χ2v) is 7.74. The van der Waals surface area contributed by atoms with Gasteiger partial charge < -0.3 is 0 Å². The maximum absolute atomic E-state index is 4.74. The Morgan fingerprint density at radius 3 is 2.24 bits per heavy atom. The van der Waals surface area contributed by atoms with E-state index in [1.165, 1.54) is 77.0 Å². The molecule has 21 heavy (non-hydrogen) atoms. The summed E-state index contributed by atoms with van der Waals surface area (Å²) in [5.74, 6) is 0. The summed E-state index contributed by atoms with van der Waals surface area (Å²) in [6.45, 7) is 10.7. The molecule has 2 atom stereocenters. The summed E-state index contributed by atoms with van der Waals surface area (Å²) in [5.41, 5.74) is 0.771. The van der Waals surface area contributed by atoms with E-state index in [0.717, 1.165) is 6.54 Å². The minimum absolute atomic E-state index is 0.323. The molecule has 0 aromatic heterocycles. The molecule has 0 amide bonds. The maximum atomic E-state index is 4.74. The standard InChI is InChI=1S/C20H39N/c1-5-7-9-11-15-19(3,14-10-8-6-2)20(4)16-12-13-17-21-18-20/h18H,5-17H2,1-4H3. The van der Waals surface area contributed by atoms with E-state index in [1.807, 2.05) is 0 Å². The fourth-order valence-corrected chi connectivity index (χ4v) is 3.89. The van der Waals surface area contributed by atoms with E-state index in [9.17, 15) is 0 Å². The molecule has 1 heterocycles. The average molecular weight is 294 g/mol. The third-order valence-corrected chi connectivity index (χ3v) is 5.90. The van der Waals surface area contributed by atoms with E-state index in [2.05, 4.69) is 33.9 Å². The predicted octanol–water partition coefficient (Wildman–Crippen LogP) is 6.80. The van der Waals surface area contributed by atoms with Gasteiger partial charge in [-0.05, 0) is 31.1 Å². The first-order valence-electron chi connectivity index (χ1n) is 9.59. The summed E-state index contributed by atoms with van der Waals surface area (Å²) in [7, 11) is 0. The van der Waals surface area contributed by atoms with Crippen LogP contribution < -0.4 is 0 Å². The SMILES string of the molecule is CCCCCCC(C)(CCCCC)C1(C)C=NCCCC1. The monoisotopic (exact) mass is 293 g/mol. The van der Waals surface area contributed by atoms with Gasteiger partial charge in [0, 0.05) is 18.2 Å². The van der Waals surface area contributed by atoms with Gasteiger partial charge in [0.1, 0.15) is 0 Å². The number of hydrogen-bond donors (Lipinski definition) is 0. The smallest absolute Gasteiger partial charge is 0.0385 e. The molecule has 0 radical (unpaired) electrons. The minimum Gasteiger partial charge on any atom is -0.297 e. The third kappa shape index (κ3) is 5.75. The lowest BCUT2D eigenvalue weighted by atomic mass is 9.59. The Kier molecular flexibility index (Phi) is 8.59. The second-order valence-electron chi connectivity index (χ2n) is 7.74. The molecular formula is C20H39N. The Morgan fingerprint density at radius 2 is 1.57 bits per heavy atom. The predicted molar refractivity (Wildman–Crippen MR) is 96.3 cm³/mol. The Bertz CT molecular complexity index is 296. The summed E-state index contributed by atoms with van der Waals surface area (Å²) in [4.78, 5) is 4.74. The second kappa shape index (κ2) is 9.64. The molecule has 0 bridgehead atoms. The molecule has 0 saturated heterocycles. The fourth-order valence-electron chi connectivity index (χ4n) is 3.89. The van der Waals surface area contributed by atoms with Crippen molar-refractivity contribution in [2.45, 2.75) is 105 Å². The molecule has 1 heteroatoms. The van der Waals surface area contributed by atoms with Gasteiger partial charge in [-0.25, -0.2) is 0 Å². The molecule has 1 rings (SSSR count). The van der Waals surface area contributed by atoms with Gasteiger partial charge >= 0.3 is 0 Å². The quantitative estimate of drug-likeness (QED) is 0.392. The highest BCUT2D eigenvalue weighted by Gasteiger charge is 2.42. The molecule has 0 saturated carbocycles. The first-order chi connectivity index (χ1) is 10.1. The van der Waals surface area contributed by atoms with Crippen LogP contribution in [0.5, 0.6) is 0 Å². The summed E-state index contributed by atoms with van der Waals surface area (Å²) in [6.07, 6.45) is 18.8. The Labute approximate surface area is 134 Å². The van der Waals surface area contributed by atoms with Gasteiger partial charge in [0.2, 0.25) is 0 Å². The number of rotatable bonds is 10. The minimum atomic E-state index is 0.323. The van der Waals surface area contributed by atoms with Crippen LogP contribution in [-0.2, 0) is 0 Å². The highest BCUT2D eigenvalue weighted by molar-refractivity contribution is 5.67. The van der Waals surface area contributed by atoms with Crippen LogP contribution in [0.1, 0.15) is 105 Å². The average Bonchev–Trinajstić information content (AvgIpc) is 2.70. The van der Waals surface area contributed by atoms with Gasteiger partial charge in [0.05, 0.1) is 0 Å². The molecule has 0 spiro atoms. The van der Waals surface area contributed by atoms with E-state index in [4.69, 9.17) is 4.99 Å². The number of unbranched alkanes of at least 4 members (excludes halogenated alkanes) is 5. The van der Waals surface area contributed by atoms with Crippen LogP contribution in [0.3, 0.4) is 0 Å². The van der Waals surface area contributed by atoms with Crippen molar-refractivity contribution in [2.75, 3.05) is 6.54 Å². The van der Waals surface area contributed by atoms with E-state index in [-0.39, 0.29) is 0 Å². The fraction of sp³-hybridized carbons (Fsp3) is 0.950. The zero-order valence-corrected chi connectivity index (χ0v) is 15.2. The molecule has 0 aromatic rings. The number of aliphatic imine (C=N–C) groups is 1. The highest BCUT2D eigenvalue weighted by atomic mass is 14.7. The Balaban J connectivity index is 2.72. The lowest BCUT2D eigenvalue weighted by molar-refractivity contribution is 0.100. The van der Waals surface area contributed by atoms with Crippen LogP contribution in [0.4, 0.5) is 0 Å². The topological polar surface area (TPSA) is 12.4 Å². The molecular weight excluding hydrogens is 254 g/mol. The molecule has 124 valence electrons. The lowest BCUT2D eigenvalue weighted by Crippen LogP contribution is -2.39. The molecule has 2 unspecified atom stereocenters. The summed E-state index contributed by atoms with van der Waals surface area (Å²) in [6, 6.07) is 0. The molecule has 0 aliphatic carbocycles. The summed E-state index contributed by atoms with van der Waals surface area (Å²) in [5, 5.41) is 0. The van der Waals surface area contributed by atoms with Crippen LogP contribution in [-0.4, -0.2) is 12.8 Å². The first kappa shape index (κ1) is 18.7. The number of nitrogens with zero attached hydrogens (tertiary/aromatic N) is 1. The van der Waals surface area contributed by atoms with E-state index >= 15 is 0 Å². The molecule has 1 aliphatic heterocycles. The van der Waals surface area contributed by atoms with Gasteiger partial charge in [-0.1, -0.05) is 79.1 Å². The van der Waals surface area contributed by atoms with Crippen molar-refractivity contribution >= 4 is 6.21 Å². The van der Waals surface area contributed by atoms with Gasteiger partial charge in [0.15, 0.2) is 0 Å².